The van der Waals surface area contributed by atoms with E-state index in [1.807, 2.05) is 18.2 Å². The van der Waals surface area contributed by atoms with Crippen LogP contribution in [0.5, 0.6) is 0 Å². The van der Waals surface area contributed by atoms with Gasteiger partial charge >= 0.3 is 5.97 Å². The molecule has 0 heterocycles. The van der Waals surface area contributed by atoms with Crippen molar-refractivity contribution >= 4 is 11.7 Å². The summed E-state index contributed by atoms with van der Waals surface area (Å²) in [6.45, 7) is 0. The van der Waals surface area contributed by atoms with Gasteiger partial charge in [0.25, 0.3) is 0 Å². The van der Waals surface area contributed by atoms with E-state index in [9.17, 15) is 4.79 Å². The third-order valence-electron chi connectivity index (χ3n) is 3.25. The molecule has 0 atom stereocenters. The molecule has 18 heavy (non-hydrogen) atoms. The Hall–Kier alpha value is -1.59. The second kappa shape index (κ2) is 6.98. The van der Waals surface area contributed by atoms with E-state index in [1.165, 1.54) is 12.7 Å². The van der Waals surface area contributed by atoms with E-state index in [4.69, 9.17) is 10.5 Å². The Morgan fingerprint density at radius 2 is 2.06 bits per heavy atom. The highest BCUT2D eigenvalue weighted by Crippen LogP contribution is 2.36. The lowest BCUT2D eigenvalue weighted by atomic mass is 9.72. The molecule has 5 nitrogen and oxygen atoms in total. The molecule has 2 rings (SSSR count). The lowest BCUT2D eigenvalue weighted by Crippen LogP contribution is -2.32. The molecule has 0 unspecified atom stereocenters. The Labute approximate surface area is 107 Å². The van der Waals surface area contributed by atoms with Crippen molar-refractivity contribution in [2.75, 3.05) is 12.8 Å². The molecule has 0 aromatic heterocycles. The van der Waals surface area contributed by atoms with E-state index in [0.717, 1.165) is 24.9 Å². The molecule has 0 spiro atoms. The number of carbonyl (C=O) groups excluding carboxylic acids is 1. The number of methoxy groups -OCH3 is 1. The maximum Gasteiger partial charge on any atom is 0.308 e. The third-order valence-corrected chi connectivity index (χ3v) is 3.25. The summed E-state index contributed by atoms with van der Waals surface area (Å²) < 4.78 is 4.71. The van der Waals surface area contributed by atoms with Crippen molar-refractivity contribution in [2.45, 2.75) is 19.3 Å². The van der Waals surface area contributed by atoms with Gasteiger partial charge < -0.3 is 21.4 Å². The molecule has 1 aliphatic rings. The molecular formula is C13H21NO4. The molecule has 0 bridgehead atoms. The maximum atomic E-state index is 11.2. The Bertz CT molecular complexity index is 388. The van der Waals surface area contributed by atoms with Crippen molar-refractivity contribution in [3.63, 3.8) is 0 Å². The molecule has 1 aromatic rings. The van der Waals surface area contributed by atoms with Gasteiger partial charge in [0, 0.05) is 5.69 Å². The van der Waals surface area contributed by atoms with E-state index in [-0.39, 0.29) is 22.8 Å². The molecule has 1 fully saturated rings. The van der Waals surface area contributed by atoms with Gasteiger partial charge in [0.15, 0.2) is 0 Å². The molecule has 0 aliphatic heterocycles. The fraction of sp³-hybridized carbons (Fsp3) is 0.462. The topological polar surface area (TPSA) is 115 Å². The number of ether oxygens (including phenoxy) is 1. The van der Waals surface area contributed by atoms with Gasteiger partial charge in [-0.15, -0.1) is 0 Å². The molecule has 6 N–H and O–H groups in total. The first-order chi connectivity index (χ1) is 7.69. The average Bonchev–Trinajstić information content (AvgIpc) is 2.22. The van der Waals surface area contributed by atoms with Gasteiger partial charge in [0.05, 0.1) is 13.0 Å². The Morgan fingerprint density at radius 3 is 2.61 bits per heavy atom. The van der Waals surface area contributed by atoms with Crippen molar-refractivity contribution in [1.29, 1.82) is 0 Å². The normalized spacial score (nSPS) is 20.9. The van der Waals surface area contributed by atoms with Gasteiger partial charge in [-0.1, -0.05) is 12.1 Å². The third kappa shape index (κ3) is 3.72. The van der Waals surface area contributed by atoms with Crippen LogP contribution < -0.4 is 5.73 Å². The molecule has 1 aromatic carbocycles. The van der Waals surface area contributed by atoms with Crippen molar-refractivity contribution < 1.29 is 20.5 Å². The van der Waals surface area contributed by atoms with Gasteiger partial charge in [-0.25, -0.2) is 0 Å². The summed E-state index contributed by atoms with van der Waals surface area (Å²) in [5.41, 5.74) is 7.78. The first kappa shape index (κ1) is 16.4. The number of carbonyl (C=O) groups is 1. The Kier molecular flexibility index (Phi) is 6.36. The predicted molar refractivity (Wildman–Crippen MR) is 70.0 cm³/mol. The molecule has 5 heteroatoms. The van der Waals surface area contributed by atoms with Crippen molar-refractivity contribution in [3.05, 3.63) is 29.8 Å². The van der Waals surface area contributed by atoms with Gasteiger partial charge in [-0.05, 0) is 42.9 Å². The second-order valence-corrected chi connectivity index (χ2v) is 4.51. The number of benzene rings is 1. The number of nitrogen functional groups attached to an aromatic ring is 1. The smallest absolute Gasteiger partial charge is 0.308 e. The van der Waals surface area contributed by atoms with Gasteiger partial charge in [0.1, 0.15) is 0 Å². The minimum atomic E-state index is -0.0659. The lowest BCUT2D eigenvalue weighted by Gasteiger charge is -2.33. The lowest BCUT2D eigenvalue weighted by molar-refractivity contribution is -0.150. The number of anilines is 1. The van der Waals surface area contributed by atoms with Crippen LogP contribution in [0.3, 0.4) is 0 Å². The van der Waals surface area contributed by atoms with Crippen LogP contribution in [0.1, 0.15) is 18.4 Å². The van der Waals surface area contributed by atoms with Crippen molar-refractivity contribution in [2.24, 2.45) is 11.8 Å². The monoisotopic (exact) mass is 255 g/mol. The van der Waals surface area contributed by atoms with Crippen LogP contribution in [0.15, 0.2) is 24.3 Å². The standard InChI is InChI=1S/C13H17NO2.2H2O/c1-16-13(15)11-6-10(7-11)5-9-3-2-4-12(14)8-9;;/h2-4,8,10-11H,5-7,14H2,1H3;2*1H2. The summed E-state index contributed by atoms with van der Waals surface area (Å²) in [6.07, 6.45) is 2.90. The molecular weight excluding hydrogens is 234 g/mol. The zero-order chi connectivity index (χ0) is 11.5. The van der Waals surface area contributed by atoms with Crippen molar-refractivity contribution in [1.82, 2.24) is 0 Å². The highest BCUT2D eigenvalue weighted by Gasteiger charge is 2.34. The molecule has 102 valence electrons. The highest BCUT2D eigenvalue weighted by molar-refractivity contribution is 5.73. The molecule has 0 radical (unpaired) electrons. The summed E-state index contributed by atoms with van der Waals surface area (Å²) in [5, 5.41) is 0. The van der Waals surface area contributed by atoms with Gasteiger partial charge in [-0.3, -0.25) is 4.79 Å². The first-order valence-corrected chi connectivity index (χ1v) is 5.61. The Morgan fingerprint density at radius 1 is 1.39 bits per heavy atom. The number of nitrogens with two attached hydrogens (primary N) is 1. The van der Waals surface area contributed by atoms with Crippen LogP contribution in [-0.2, 0) is 16.0 Å². The predicted octanol–water partition coefficient (Wildman–Crippen LogP) is 0.361. The van der Waals surface area contributed by atoms with E-state index >= 15 is 0 Å². The van der Waals surface area contributed by atoms with Crippen LogP contribution in [0.25, 0.3) is 0 Å². The highest BCUT2D eigenvalue weighted by atomic mass is 16.5. The quantitative estimate of drug-likeness (QED) is 0.621. The fourth-order valence-corrected chi connectivity index (χ4v) is 2.31. The number of esters is 1. The van der Waals surface area contributed by atoms with Crippen LogP contribution in [-0.4, -0.2) is 24.0 Å². The SMILES string of the molecule is COC(=O)C1CC(Cc2cccc(N)c2)C1.O.O. The summed E-state index contributed by atoms with van der Waals surface area (Å²) in [6, 6.07) is 7.95. The summed E-state index contributed by atoms with van der Waals surface area (Å²) in [4.78, 5) is 11.2. The largest absolute Gasteiger partial charge is 0.469 e. The minimum Gasteiger partial charge on any atom is -0.469 e. The zero-order valence-corrected chi connectivity index (χ0v) is 10.5. The fourth-order valence-electron chi connectivity index (χ4n) is 2.31. The van der Waals surface area contributed by atoms with E-state index in [0.29, 0.717) is 5.92 Å². The van der Waals surface area contributed by atoms with E-state index in [1.54, 1.807) is 0 Å². The van der Waals surface area contributed by atoms with E-state index < -0.39 is 0 Å². The van der Waals surface area contributed by atoms with E-state index in [2.05, 4.69) is 6.07 Å². The first-order valence-electron chi connectivity index (χ1n) is 5.61. The number of rotatable bonds is 3. The summed E-state index contributed by atoms with van der Waals surface area (Å²) in [5.74, 6) is 0.658. The number of hydrogen-bond donors (Lipinski definition) is 1. The molecule has 0 amide bonds. The average molecular weight is 255 g/mol. The number of hydrogen-bond acceptors (Lipinski definition) is 3. The zero-order valence-electron chi connectivity index (χ0n) is 10.5. The Balaban J connectivity index is 0.00000144. The van der Waals surface area contributed by atoms with Crippen molar-refractivity contribution in [3.8, 4) is 0 Å². The van der Waals surface area contributed by atoms with Crippen LogP contribution in [0.2, 0.25) is 0 Å². The maximum absolute atomic E-state index is 11.2. The van der Waals surface area contributed by atoms with Crippen LogP contribution in [0, 0.1) is 11.8 Å². The van der Waals surface area contributed by atoms with Crippen LogP contribution in [0.4, 0.5) is 5.69 Å². The second-order valence-electron chi connectivity index (χ2n) is 4.51. The van der Waals surface area contributed by atoms with Gasteiger partial charge in [-0.2, -0.15) is 0 Å². The summed E-state index contributed by atoms with van der Waals surface area (Å²) in [7, 11) is 1.45. The van der Waals surface area contributed by atoms with Crippen LogP contribution >= 0.6 is 0 Å². The molecule has 0 saturated heterocycles. The molecule has 1 saturated carbocycles. The van der Waals surface area contributed by atoms with Gasteiger partial charge in [0.2, 0.25) is 0 Å². The summed E-state index contributed by atoms with van der Waals surface area (Å²) >= 11 is 0. The molecule has 1 aliphatic carbocycles. The minimum absolute atomic E-state index is 0.